The van der Waals surface area contributed by atoms with Gasteiger partial charge in [-0.25, -0.2) is 4.98 Å². The lowest BCUT2D eigenvalue weighted by Crippen LogP contribution is -2.13. The van der Waals surface area contributed by atoms with E-state index in [2.05, 4.69) is 25.3 Å². The third kappa shape index (κ3) is 1.57. The second kappa shape index (κ2) is 3.65. The molecule has 0 fully saturated rings. The lowest BCUT2D eigenvalue weighted by Gasteiger charge is -2.04. The van der Waals surface area contributed by atoms with Gasteiger partial charge >= 0.3 is 0 Å². The number of imidazole rings is 1. The third-order valence-corrected chi connectivity index (χ3v) is 3.26. The fourth-order valence-corrected chi connectivity index (χ4v) is 2.27. The molecule has 0 aliphatic rings. The Balaban J connectivity index is 1.84. The second-order valence-corrected chi connectivity index (χ2v) is 4.37. The molecule has 1 atom stereocenters. The van der Waals surface area contributed by atoms with Gasteiger partial charge in [0.1, 0.15) is 11.3 Å². The summed E-state index contributed by atoms with van der Waals surface area (Å²) in [5.74, 6) is 0. The Hall–Kier alpha value is -1.80. The summed E-state index contributed by atoms with van der Waals surface area (Å²) in [4.78, 5) is 7.72. The highest BCUT2D eigenvalue weighted by atomic mass is 32.1. The Kier molecular flexibility index (Phi) is 2.15. The Labute approximate surface area is 94.3 Å². The van der Waals surface area contributed by atoms with Crippen molar-refractivity contribution in [2.24, 2.45) is 5.73 Å². The summed E-state index contributed by atoms with van der Waals surface area (Å²) >= 11 is 1.45. The Bertz CT molecular complexity index is 552. The summed E-state index contributed by atoms with van der Waals surface area (Å²) in [5.41, 5.74) is 7.05. The van der Waals surface area contributed by atoms with E-state index in [0.717, 1.165) is 15.7 Å². The highest BCUT2D eigenvalue weighted by molar-refractivity contribution is 7.16. The number of hydrogen-bond acceptors (Lipinski definition) is 6. The van der Waals surface area contributed by atoms with Crippen molar-refractivity contribution in [3.63, 3.8) is 0 Å². The molecule has 0 bridgehead atoms. The van der Waals surface area contributed by atoms with Gasteiger partial charge < -0.3 is 10.7 Å². The molecule has 3 aromatic rings. The van der Waals surface area contributed by atoms with E-state index in [1.54, 1.807) is 23.4 Å². The normalized spacial score (nSPS) is 13.3. The molecule has 7 nitrogen and oxygen atoms in total. The van der Waals surface area contributed by atoms with Gasteiger partial charge in [-0.15, -0.1) is 10.2 Å². The van der Waals surface area contributed by atoms with Crippen LogP contribution in [0.2, 0.25) is 0 Å². The maximum absolute atomic E-state index is 6.05. The van der Waals surface area contributed by atoms with Crippen LogP contribution < -0.4 is 5.73 Å². The van der Waals surface area contributed by atoms with E-state index in [1.807, 2.05) is 0 Å². The number of nitrogens with one attached hydrogen (secondary N) is 1. The van der Waals surface area contributed by atoms with Crippen LogP contribution in [0.25, 0.3) is 4.96 Å². The van der Waals surface area contributed by atoms with Crippen molar-refractivity contribution in [2.45, 2.75) is 12.5 Å². The van der Waals surface area contributed by atoms with Gasteiger partial charge in [0.2, 0.25) is 4.96 Å². The van der Waals surface area contributed by atoms with Crippen molar-refractivity contribution in [2.75, 3.05) is 0 Å². The first kappa shape index (κ1) is 9.43. The van der Waals surface area contributed by atoms with E-state index in [9.17, 15) is 0 Å². The van der Waals surface area contributed by atoms with Crippen molar-refractivity contribution < 1.29 is 0 Å². The Morgan fingerprint density at radius 3 is 3.25 bits per heavy atom. The van der Waals surface area contributed by atoms with Crippen molar-refractivity contribution >= 4 is 16.3 Å². The van der Waals surface area contributed by atoms with Crippen molar-refractivity contribution in [3.05, 3.63) is 29.6 Å². The quantitative estimate of drug-likeness (QED) is 0.673. The van der Waals surface area contributed by atoms with Gasteiger partial charge in [0.25, 0.3) is 0 Å². The highest BCUT2D eigenvalue weighted by Crippen LogP contribution is 2.20. The zero-order valence-electron chi connectivity index (χ0n) is 8.24. The Morgan fingerprint density at radius 2 is 2.50 bits per heavy atom. The largest absolute Gasteiger partial charge is 0.348 e. The number of aromatic amines is 1. The van der Waals surface area contributed by atoms with Gasteiger partial charge in [0, 0.05) is 18.3 Å². The predicted octanol–water partition coefficient (Wildman–Crippen LogP) is 0.151. The molecule has 0 saturated heterocycles. The number of fused-ring (bicyclic) bond motifs is 1. The lowest BCUT2D eigenvalue weighted by atomic mass is 10.2. The van der Waals surface area contributed by atoms with Gasteiger partial charge in [-0.1, -0.05) is 11.3 Å². The number of H-pyrrole nitrogens is 1. The van der Waals surface area contributed by atoms with Gasteiger partial charge in [-0.05, 0) is 0 Å². The van der Waals surface area contributed by atoms with Crippen LogP contribution in [-0.2, 0) is 6.42 Å². The van der Waals surface area contributed by atoms with Gasteiger partial charge in [0.05, 0.1) is 12.4 Å². The van der Waals surface area contributed by atoms with Gasteiger partial charge in [0.15, 0.2) is 0 Å². The number of nitrogens with zero attached hydrogens (tertiary/aromatic N) is 5. The topological polar surface area (TPSA) is 97.8 Å². The van der Waals surface area contributed by atoms with E-state index in [1.165, 1.54) is 11.3 Å². The summed E-state index contributed by atoms with van der Waals surface area (Å²) in [5, 5.41) is 12.8. The minimum atomic E-state index is -0.146. The Morgan fingerprint density at radius 1 is 1.56 bits per heavy atom. The number of rotatable bonds is 3. The van der Waals surface area contributed by atoms with Crippen molar-refractivity contribution in [3.8, 4) is 0 Å². The first-order valence-corrected chi connectivity index (χ1v) is 5.54. The molecule has 8 heteroatoms. The summed E-state index contributed by atoms with van der Waals surface area (Å²) in [6, 6.07) is -0.146. The molecule has 0 saturated carbocycles. The van der Waals surface area contributed by atoms with E-state index in [4.69, 9.17) is 5.73 Å². The maximum Gasteiger partial charge on any atom is 0.234 e. The molecule has 3 heterocycles. The molecule has 0 amide bonds. The molecule has 0 spiro atoms. The first-order valence-electron chi connectivity index (χ1n) is 4.72. The molecule has 3 N–H and O–H groups in total. The van der Waals surface area contributed by atoms with Crippen molar-refractivity contribution in [1.82, 2.24) is 29.8 Å². The standard InChI is InChI=1S/C8H9N7S/c9-6(1-5-2-10-3-11-5)7-14-15-4-12-13-8(15)16-7/h2-4,6H,1,9H2,(H,10,11). The van der Waals surface area contributed by atoms with Crippen molar-refractivity contribution in [1.29, 1.82) is 0 Å². The zero-order chi connectivity index (χ0) is 11.0. The van der Waals surface area contributed by atoms with Crippen LogP contribution in [0.5, 0.6) is 0 Å². The average molecular weight is 235 g/mol. The molecule has 3 rings (SSSR count). The molecule has 0 radical (unpaired) electrons. The molecule has 0 aliphatic carbocycles. The monoisotopic (exact) mass is 235 g/mol. The van der Waals surface area contributed by atoms with Crippen LogP contribution in [0.4, 0.5) is 0 Å². The molecular weight excluding hydrogens is 226 g/mol. The van der Waals surface area contributed by atoms with E-state index < -0.39 is 0 Å². The van der Waals surface area contributed by atoms with E-state index >= 15 is 0 Å². The maximum atomic E-state index is 6.05. The molecule has 0 aromatic carbocycles. The second-order valence-electron chi connectivity index (χ2n) is 3.39. The van der Waals surface area contributed by atoms with Crippen LogP contribution in [0.1, 0.15) is 16.7 Å². The van der Waals surface area contributed by atoms with Gasteiger partial charge in [-0.3, -0.25) is 0 Å². The molecular formula is C8H9N7S. The summed E-state index contributed by atoms with van der Waals surface area (Å²) in [7, 11) is 0. The molecule has 16 heavy (non-hydrogen) atoms. The summed E-state index contributed by atoms with van der Waals surface area (Å²) in [6.07, 6.45) is 5.66. The first-order chi connectivity index (χ1) is 7.83. The van der Waals surface area contributed by atoms with E-state index in [0.29, 0.717) is 6.42 Å². The third-order valence-electron chi connectivity index (χ3n) is 2.21. The fourth-order valence-electron chi connectivity index (χ4n) is 1.45. The number of aromatic nitrogens is 6. The van der Waals surface area contributed by atoms with Crippen LogP contribution in [0.15, 0.2) is 18.9 Å². The molecule has 82 valence electrons. The van der Waals surface area contributed by atoms with E-state index in [-0.39, 0.29) is 6.04 Å². The fraction of sp³-hybridized carbons (Fsp3) is 0.250. The summed E-state index contributed by atoms with van der Waals surface area (Å²) in [6.45, 7) is 0. The highest BCUT2D eigenvalue weighted by Gasteiger charge is 2.14. The summed E-state index contributed by atoms with van der Waals surface area (Å²) < 4.78 is 1.63. The van der Waals surface area contributed by atoms with Crippen LogP contribution >= 0.6 is 11.3 Å². The average Bonchev–Trinajstić information content (AvgIpc) is 2.91. The number of nitrogens with two attached hydrogens (primary N) is 1. The minimum absolute atomic E-state index is 0.146. The molecule has 3 aromatic heterocycles. The molecule has 0 aliphatic heterocycles. The minimum Gasteiger partial charge on any atom is -0.348 e. The van der Waals surface area contributed by atoms with Gasteiger partial charge in [-0.2, -0.15) is 9.61 Å². The predicted molar refractivity (Wildman–Crippen MR) is 57.9 cm³/mol. The number of hydrogen-bond donors (Lipinski definition) is 2. The van der Waals surface area contributed by atoms with Crippen LogP contribution in [0.3, 0.4) is 0 Å². The van der Waals surface area contributed by atoms with Crippen LogP contribution in [-0.4, -0.2) is 29.8 Å². The lowest BCUT2D eigenvalue weighted by molar-refractivity contribution is 0.685. The smallest absolute Gasteiger partial charge is 0.234 e. The SMILES string of the molecule is NC(Cc1cnc[nH]1)c1nn2cnnc2s1. The molecule has 1 unspecified atom stereocenters. The zero-order valence-corrected chi connectivity index (χ0v) is 9.05. The van der Waals surface area contributed by atoms with Crippen LogP contribution in [0, 0.1) is 0 Å².